The summed E-state index contributed by atoms with van der Waals surface area (Å²) in [7, 11) is 0. The van der Waals surface area contributed by atoms with Crippen molar-refractivity contribution in [2.75, 3.05) is 11.9 Å². The molecule has 0 unspecified atom stereocenters. The molecule has 0 saturated carbocycles. The average molecular weight is 296 g/mol. The summed E-state index contributed by atoms with van der Waals surface area (Å²) in [4.78, 5) is 6.61. The number of alkyl halides is 3. The van der Waals surface area contributed by atoms with Gasteiger partial charge in [-0.25, -0.2) is 9.97 Å². The Balaban J connectivity index is 2.88. The van der Waals surface area contributed by atoms with Crippen LogP contribution >= 0.6 is 11.6 Å². The number of rotatable bonds is 4. The van der Waals surface area contributed by atoms with Crippen LogP contribution in [0.3, 0.4) is 0 Å². The number of nitrogens with one attached hydrogen (secondary N) is 1. The molecule has 1 N–H and O–H groups in total. The van der Waals surface area contributed by atoms with Crippen LogP contribution in [0.15, 0.2) is 6.07 Å². The SMILES string of the molecule is CC(C)C(C)(C)CNc1cc(Cl)nc(C(F)(F)F)n1. The van der Waals surface area contributed by atoms with E-state index in [1.54, 1.807) is 0 Å². The van der Waals surface area contributed by atoms with E-state index in [1.165, 1.54) is 6.07 Å². The third-order valence-corrected chi connectivity index (χ3v) is 3.43. The van der Waals surface area contributed by atoms with E-state index < -0.39 is 12.0 Å². The molecular formula is C12H17ClF3N3. The van der Waals surface area contributed by atoms with Crippen LogP contribution in [0.1, 0.15) is 33.5 Å². The third-order valence-electron chi connectivity index (χ3n) is 3.24. The third kappa shape index (κ3) is 4.53. The van der Waals surface area contributed by atoms with Crippen LogP contribution in [0.2, 0.25) is 5.15 Å². The van der Waals surface area contributed by atoms with Gasteiger partial charge in [0.1, 0.15) is 11.0 Å². The zero-order valence-electron chi connectivity index (χ0n) is 11.3. The predicted molar refractivity (Wildman–Crippen MR) is 69.2 cm³/mol. The van der Waals surface area contributed by atoms with Crippen molar-refractivity contribution in [3.8, 4) is 0 Å². The maximum Gasteiger partial charge on any atom is 0.451 e. The van der Waals surface area contributed by atoms with Gasteiger partial charge in [-0.15, -0.1) is 0 Å². The summed E-state index contributed by atoms with van der Waals surface area (Å²) < 4.78 is 37.6. The van der Waals surface area contributed by atoms with Gasteiger partial charge >= 0.3 is 6.18 Å². The van der Waals surface area contributed by atoms with Crippen molar-refractivity contribution in [1.82, 2.24) is 9.97 Å². The number of hydrogen-bond acceptors (Lipinski definition) is 3. The Kier molecular flexibility index (Phi) is 4.66. The number of anilines is 1. The van der Waals surface area contributed by atoms with Crippen LogP contribution in [-0.4, -0.2) is 16.5 Å². The van der Waals surface area contributed by atoms with E-state index in [9.17, 15) is 13.2 Å². The van der Waals surface area contributed by atoms with Gasteiger partial charge in [0.15, 0.2) is 0 Å². The summed E-state index contributed by atoms with van der Waals surface area (Å²) >= 11 is 5.58. The number of halogens is 4. The van der Waals surface area contributed by atoms with Crippen molar-refractivity contribution in [3.63, 3.8) is 0 Å². The van der Waals surface area contributed by atoms with Crippen LogP contribution in [-0.2, 0) is 6.18 Å². The molecule has 108 valence electrons. The van der Waals surface area contributed by atoms with Crippen LogP contribution < -0.4 is 5.32 Å². The van der Waals surface area contributed by atoms with Crippen molar-refractivity contribution in [3.05, 3.63) is 17.0 Å². The Hall–Kier alpha value is -1.04. The van der Waals surface area contributed by atoms with Gasteiger partial charge in [-0.2, -0.15) is 13.2 Å². The normalized spacial score (nSPS) is 12.9. The maximum atomic E-state index is 12.5. The maximum absolute atomic E-state index is 12.5. The molecule has 3 nitrogen and oxygen atoms in total. The lowest BCUT2D eigenvalue weighted by Crippen LogP contribution is -2.29. The molecule has 0 aliphatic heterocycles. The zero-order valence-corrected chi connectivity index (χ0v) is 12.0. The van der Waals surface area contributed by atoms with Crippen molar-refractivity contribution in [2.45, 2.75) is 33.9 Å². The molecule has 19 heavy (non-hydrogen) atoms. The monoisotopic (exact) mass is 295 g/mol. The Morgan fingerprint density at radius 3 is 2.32 bits per heavy atom. The fourth-order valence-electron chi connectivity index (χ4n) is 1.16. The van der Waals surface area contributed by atoms with Crippen molar-refractivity contribution in [1.29, 1.82) is 0 Å². The molecule has 0 aromatic carbocycles. The van der Waals surface area contributed by atoms with Gasteiger partial charge in [-0.1, -0.05) is 39.3 Å². The number of aromatic nitrogens is 2. The van der Waals surface area contributed by atoms with Crippen molar-refractivity contribution in [2.24, 2.45) is 11.3 Å². The van der Waals surface area contributed by atoms with Crippen molar-refractivity contribution < 1.29 is 13.2 Å². The molecule has 0 aliphatic rings. The minimum absolute atomic E-state index is 0.0736. The molecule has 7 heteroatoms. The summed E-state index contributed by atoms with van der Waals surface area (Å²) in [5.74, 6) is -0.773. The molecule has 0 atom stereocenters. The predicted octanol–water partition coefficient (Wildman–Crippen LogP) is 4.24. The molecule has 0 saturated heterocycles. The lowest BCUT2D eigenvalue weighted by atomic mass is 9.81. The first-order chi connectivity index (χ1) is 8.52. The minimum atomic E-state index is -4.60. The smallest absolute Gasteiger partial charge is 0.369 e. The molecule has 1 heterocycles. The highest BCUT2D eigenvalue weighted by Crippen LogP contribution is 2.29. The van der Waals surface area contributed by atoms with E-state index in [2.05, 4.69) is 29.1 Å². The second-order valence-corrected chi connectivity index (χ2v) is 5.78. The van der Waals surface area contributed by atoms with E-state index in [-0.39, 0.29) is 16.4 Å². The first kappa shape index (κ1) is 16.0. The fraction of sp³-hybridized carbons (Fsp3) is 0.667. The van der Waals surface area contributed by atoms with Crippen molar-refractivity contribution >= 4 is 17.4 Å². The van der Waals surface area contributed by atoms with E-state index in [0.29, 0.717) is 12.5 Å². The summed E-state index contributed by atoms with van der Waals surface area (Å²) in [5.41, 5.74) is -0.0736. The molecule has 0 bridgehead atoms. The first-order valence-electron chi connectivity index (χ1n) is 5.88. The molecule has 0 radical (unpaired) electrons. The Morgan fingerprint density at radius 2 is 1.84 bits per heavy atom. The molecular weight excluding hydrogens is 279 g/mol. The van der Waals surface area contributed by atoms with Gasteiger partial charge in [-0.3, -0.25) is 0 Å². The summed E-state index contributed by atoms with van der Waals surface area (Å²) in [5, 5.41) is 2.65. The topological polar surface area (TPSA) is 37.8 Å². The van der Waals surface area contributed by atoms with Gasteiger partial charge in [0, 0.05) is 12.6 Å². The van der Waals surface area contributed by atoms with E-state index in [4.69, 9.17) is 11.6 Å². The molecule has 1 aromatic rings. The van der Waals surface area contributed by atoms with E-state index >= 15 is 0 Å². The highest BCUT2D eigenvalue weighted by atomic mass is 35.5. The quantitative estimate of drug-likeness (QED) is 0.844. The average Bonchev–Trinajstić information content (AvgIpc) is 2.24. The Morgan fingerprint density at radius 1 is 1.26 bits per heavy atom. The lowest BCUT2D eigenvalue weighted by molar-refractivity contribution is -0.144. The fourth-order valence-corrected chi connectivity index (χ4v) is 1.34. The van der Waals surface area contributed by atoms with Gasteiger partial charge < -0.3 is 5.32 Å². The molecule has 0 spiro atoms. The van der Waals surface area contributed by atoms with E-state index in [0.717, 1.165) is 0 Å². The number of nitrogens with zero attached hydrogens (tertiary/aromatic N) is 2. The molecule has 0 aliphatic carbocycles. The van der Waals surface area contributed by atoms with Crippen LogP contribution in [0.4, 0.5) is 19.0 Å². The van der Waals surface area contributed by atoms with Crippen LogP contribution in [0.5, 0.6) is 0 Å². The molecule has 1 rings (SSSR count). The zero-order chi connectivity index (χ0) is 14.8. The molecule has 0 amide bonds. The second-order valence-electron chi connectivity index (χ2n) is 5.39. The summed E-state index contributed by atoms with van der Waals surface area (Å²) in [6.07, 6.45) is -4.60. The van der Waals surface area contributed by atoms with E-state index in [1.807, 2.05) is 13.8 Å². The summed E-state index contributed by atoms with van der Waals surface area (Å²) in [6.45, 7) is 8.65. The van der Waals surface area contributed by atoms with Gasteiger partial charge in [0.2, 0.25) is 5.82 Å². The first-order valence-corrected chi connectivity index (χ1v) is 6.26. The van der Waals surface area contributed by atoms with Gasteiger partial charge in [0.25, 0.3) is 0 Å². The Bertz CT molecular complexity index is 444. The second kappa shape index (κ2) is 5.53. The van der Waals surface area contributed by atoms with Crippen LogP contribution in [0, 0.1) is 11.3 Å². The van der Waals surface area contributed by atoms with Crippen LogP contribution in [0.25, 0.3) is 0 Å². The lowest BCUT2D eigenvalue weighted by Gasteiger charge is -2.29. The minimum Gasteiger partial charge on any atom is -0.369 e. The standard InChI is InChI=1S/C12H17ClF3N3/c1-7(2)11(3,4)6-17-9-5-8(13)18-10(19-9)12(14,15)16/h5,7H,6H2,1-4H3,(H,17,18,19). The largest absolute Gasteiger partial charge is 0.451 e. The highest BCUT2D eigenvalue weighted by molar-refractivity contribution is 6.29. The van der Waals surface area contributed by atoms with Gasteiger partial charge in [-0.05, 0) is 11.3 Å². The molecule has 0 fully saturated rings. The molecule has 1 aromatic heterocycles. The number of hydrogen-bond donors (Lipinski definition) is 1. The Labute approximate surface area is 115 Å². The van der Waals surface area contributed by atoms with Gasteiger partial charge in [0.05, 0.1) is 0 Å². The summed E-state index contributed by atoms with van der Waals surface area (Å²) in [6, 6.07) is 1.28. The highest BCUT2D eigenvalue weighted by Gasteiger charge is 2.35.